The monoisotopic (exact) mass is 383 g/mol. The fourth-order valence-corrected chi connectivity index (χ4v) is 4.86. The molecule has 7 heteroatoms. The predicted octanol–water partition coefficient (Wildman–Crippen LogP) is 2.16. The summed E-state index contributed by atoms with van der Waals surface area (Å²) in [6.45, 7) is 1.67. The van der Waals surface area contributed by atoms with Gasteiger partial charge in [-0.3, -0.25) is 4.79 Å². The van der Waals surface area contributed by atoms with Crippen LogP contribution in [0.15, 0.2) is 63.9 Å². The first-order chi connectivity index (χ1) is 13.0. The number of likely N-dealkylation sites (tertiary alicyclic amines) is 1. The number of hydrogen-bond donors (Lipinski definition) is 1. The quantitative estimate of drug-likeness (QED) is 0.881. The smallest absolute Gasteiger partial charge is 0.285 e. The molecule has 4 rings (SSSR count). The molecule has 2 heterocycles. The van der Waals surface area contributed by atoms with Crippen LogP contribution in [0.2, 0.25) is 0 Å². The van der Waals surface area contributed by atoms with E-state index >= 15 is 0 Å². The number of fused-ring (bicyclic) bond motifs is 1. The summed E-state index contributed by atoms with van der Waals surface area (Å²) in [7, 11) is -3.64. The number of piperidine rings is 1. The van der Waals surface area contributed by atoms with Gasteiger partial charge in [0.15, 0.2) is 5.84 Å². The van der Waals surface area contributed by atoms with Crippen LogP contribution in [0.25, 0.3) is 0 Å². The summed E-state index contributed by atoms with van der Waals surface area (Å²) < 4.78 is 28.6. The molecule has 1 amide bonds. The van der Waals surface area contributed by atoms with Gasteiger partial charge in [0.1, 0.15) is 4.90 Å². The zero-order chi connectivity index (χ0) is 18.9. The van der Waals surface area contributed by atoms with E-state index in [2.05, 4.69) is 9.71 Å². The first kappa shape index (κ1) is 17.7. The molecule has 140 valence electrons. The fraction of sp³-hybridized carbons (Fsp3) is 0.300. The molecule has 2 aliphatic heterocycles. The van der Waals surface area contributed by atoms with Crippen LogP contribution in [0.5, 0.6) is 0 Å². The highest BCUT2D eigenvalue weighted by atomic mass is 32.2. The predicted molar refractivity (Wildman–Crippen MR) is 103 cm³/mol. The second-order valence-electron chi connectivity index (χ2n) is 6.87. The minimum atomic E-state index is -3.64. The van der Waals surface area contributed by atoms with Gasteiger partial charge in [0.25, 0.3) is 10.0 Å². The molecule has 1 atom stereocenters. The largest absolute Gasteiger partial charge is 0.355 e. The molecule has 6 nitrogen and oxygen atoms in total. The molecular weight excluding hydrogens is 362 g/mol. The number of carbonyl (C=O) groups excluding carboxylic acids is 1. The zero-order valence-electron chi connectivity index (χ0n) is 14.8. The molecule has 27 heavy (non-hydrogen) atoms. The summed E-state index contributed by atoms with van der Waals surface area (Å²) in [5, 5.41) is 2.99. The minimum Gasteiger partial charge on any atom is -0.355 e. The molecule has 2 aromatic rings. The van der Waals surface area contributed by atoms with E-state index in [0.29, 0.717) is 31.0 Å². The minimum absolute atomic E-state index is 0.00158. The van der Waals surface area contributed by atoms with E-state index in [-0.39, 0.29) is 16.7 Å². The molecule has 0 radical (unpaired) electrons. The lowest BCUT2D eigenvalue weighted by Crippen LogP contribution is -2.45. The van der Waals surface area contributed by atoms with Gasteiger partial charge < -0.3 is 10.2 Å². The third-order valence-corrected chi connectivity index (χ3v) is 6.34. The molecule has 2 aromatic carbocycles. The number of sulfonamides is 1. The molecule has 1 N–H and O–H groups in total. The number of carbonyl (C=O) groups is 1. The molecular formula is C20H21N3O3S. The van der Waals surface area contributed by atoms with Gasteiger partial charge in [-0.1, -0.05) is 42.5 Å². The van der Waals surface area contributed by atoms with Gasteiger partial charge in [0.2, 0.25) is 5.91 Å². The first-order valence-electron chi connectivity index (χ1n) is 9.05. The number of benzene rings is 2. The van der Waals surface area contributed by atoms with Crippen LogP contribution in [0.1, 0.15) is 24.0 Å². The number of nitrogens with zero attached hydrogens (tertiary/aromatic N) is 2. The zero-order valence-corrected chi connectivity index (χ0v) is 15.7. The lowest BCUT2D eigenvalue weighted by atomic mass is 9.96. The van der Waals surface area contributed by atoms with Gasteiger partial charge in [0, 0.05) is 25.2 Å². The normalized spacial score (nSPS) is 20.7. The Morgan fingerprint density at radius 2 is 1.85 bits per heavy atom. The second kappa shape index (κ2) is 7.15. The molecule has 2 aliphatic rings. The number of rotatable bonds is 3. The number of hydrogen-bond acceptors (Lipinski definition) is 4. The Morgan fingerprint density at radius 3 is 2.67 bits per heavy atom. The summed E-state index contributed by atoms with van der Waals surface area (Å²) in [6, 6.07) is 16.6. The summed E-state index contributed by atoms with van der Waals surface area (Å²) >= 11 is 0. The molecule has 0 bridgehead atoms. The summed E-state index contributed by atoms with van der Waals surface area (Å²) in [5.74, 6) is 0.282. The SMILES string of the molecule is O=C(NCc1ccccc1)C1CCCN(C2=NS(=O)(=O)c3ccccc32)C1. The van der Waals surface area contributed by atoms with E-state index < -0.39 is 10.0 Å². The molecule has 0 saturated carbocycles. The maximum atomic E-state index is 12.6. The Bertz CT molecular complexity index is 987. The van der Waals surface area contributed by atoms with Crippen molar-refractivity contribution >= 4 is 21.8 Å². The first-order valence-corrected chi connectivity index (χ1v) is 10.5. The van der Waals surface area contributed by atoms with Crippen LogP contribution >= 0.6 is 0 Å². The second-order valence-corrected chi connectivity index (χ2v) is 8.45. The van der Waals surface area contributed by atoms with Crippen molar-refractivity contribution in [3.63, 3.8) is 0 Å². The van der Waals surface area contributed by atoms with Crippen molar-refractivity contribution in [1.29, 1.82) is 0 Å². The van der Waals surface area contributed by atoms with E-state index in [1.54, 1.807) is 18.2 Å². The van der Waals surface area contributed by atoms with Crippen LogP contribution in [0, 0.1) is 5.92 Å². The highest BCUT2D eigenvalue weighted by molar-refractivity contribution is 7.90. The average molecular weight is 383 g/mol. The highest BCUT2D eigenvalue weighted by Gasteiger charge is 2.35. The summed E-state index contributed by atoms with van der Waals surface area (Å²) in [6.07, 6.45) is 1.61. The third kappa shape index (κ3) is 3.60. The Morgan fingerprint density at radius 1 is 1.11 bits per heavy atom. The fourth-order valence-electron chi connectivity index (χ4n) is 3.63. The van der Waals surface area contributed by atoms with Gasteiger partial charge in [0.05, 0.1) is 5.92 Å². The molecule has 0 spiro atoms. The van der Waals surface area contributed by atoms with Gasteiger partial charge in [-0.05, 0) is 30.5 Å². The standard InChI is InChI=1S/C20H21N3O3S/c24-20(21-13-15-7-2-1-3-8-15)16-9-6-12-23(14-16)19-17-10-4-5-11-18(17)27(25,26)22-19/h1-5,7-8,10-11,16H,6,9,12-14H2,(H,21,24). The Balaban J connectivity index is 1.47. The molecule has 1 fully saturated rings. The highest BCUT2D eigenvalue weighted by Crippen LogP contribution is 2.29. The lowest BCUT2D eigenvalue weighted by molar-refractivity contribution is -0.126. The van der Waals surface area contributed by atoms with E-state index in [9.17, 15) is 13.2 Å². The summed E-state index contributed by atoms with van der Waals surface area (Å²) in [4.78, 5) is 14.8. The van der Waals surface area contributed by atoms with Crippen molar-refractivity contribution in [3.8, 4) is 0 Å². The van der Waals surface area contributed by atoms with Crippen molar-refractivity contribution < 1.29 is 13.2 Å². The Kier molecular flexibility index (Phi) is 4.70. The van der Waals surface area contributed by atoms with Crippen molar-refractivity contribution in [2.75, 3.05) is 13.1 Å². The number of nitrogens with one attached hydrogen (secondary N) is 1. The van der Waals surface area contributed by atoms with Crippen molar-refractivity contribution in [2.24, 2.45) is 10.3 Å². The van der Waals surface area contributed by atoms with Crippen molar-refractivity contribution in [2.45, 2.75) is 24.3 Å². The van der Waals surface area contributed by atoms with E-state index in [0.717, 1.165) is 18.4 Å². The van der Waals surface area contributed by atoms with E-state index in [1.165, 1.54) is 0 Å². The van der Waals surface area contributed by atoms with Crippen LogP contribution in [-0.2, 0) is 21.4 Å². The van der Waals surface area contributed by atoms with Crippen LogP contribution in [0.4, 0.5) is 0 Å². The lowest BCUT2D eigenvalue weighted by Gasteiger charge is -2.33. The molecule has 0 aromatic heterocycles. The van der Waals surface area contributed by atoms with Crippen molar-refractivity contribution in [3.05, 3.63) is 65.7 Å². The van der Waals surface area contributed by atoms with Crippen LogP contribution in [-0.4, -0.2) is 38.2 Å². The van der Waals surface area contributed by atoms with E-state index in [4.69, 9.17) is 0 Å². The maximum absolute atomic E-state index is 12.6. The maximum Gasteiger partial charge on any atom is 0.285 e. The van der Waals surface area contributed by atoms with Gasteiger partial charge >= 0.3 is 0 Å². The number of amidine groups is 1. The Hall–Kier alpha value is -2.67. The van der Waals surface area contributed by atoms with E-state index in [1.807, 2.05) is 41.3 Å². The Labute approximate surface area is 159 Å². The summed E-state index contributed by atoms with van der Waals surface area (Å²) in [5.41, 5.74) is 1.68. The molecule has 1 unspecified atom stereocenters. The van der Waals surface area contributed by atoms with Gasteiger partial charge in [-0.2, -0.15) is 8.42 Å². The van der Waals surface area contributed by atoms with Gasteiger partial charge in [-0.15, -0.1) is 4.40 Å². The topological polar surface area (TPSA) is 78.8 Å². The number of amides is 1. The third-order valence-electron chi connectivity index (χ3n) is 5.01. The average Bonchev–Trinajstić information content (AvgIpc) is 2.98. The van der Waals surface area contributed by atoms with Crippen molar-refractivity contribution in [1.82, 2.24) is 10.2 Å². The molecule has 0 aliphatic carbocycles. The van der Waals surface area contributed by atoms with Gasteiger partial charge in [-0.25, -0.2) is 0 Å². The van der Waals surface area contributed by atoms with Crippen LogP contribution < -0.4 is 5.32 Å². The molecule has 1 saturated heterocycles. The van der Waals surface area contributed by atoms with Crippen LogP contribution in [0.3, 0.4) is 0 Å².